The molecular weight excluding hydrogens is 364 g/mol. The standard InChI is InChI=1S/C19H15BrN4/c1-12-17(14-7-9-15(20)10-8-14)18(21)24-19(23-12)16(11-22-24)13-5-3-2-4-6-13/h2-11H,21H2,1H3. The van der Waals surface area contributed by atoms with Crippen molar-refractivity contribution in [3.8, 4) is 22.3 Å². The molecule has 0 fully saturated rings. The first-order valence-electron chi connectivity index (χ1n) is 7.60. The lowest BCUT2D eigenvalue weighted by molar-refractivity contribution is 0.945. The number of hydrogen-bond acceptors (Lipinski definition) is 3. The second kappa shape index (κ2) is 5.76. The largest absolute Gasteiger partial charge is 0.383 e. The van der Waals surface area contributed by atoms with E-state index in [0.29, 0.717) is 5.82 Å². The molecule has 2 aromatic carbocycles. The third kappa shape index (κ3) is 2.37. The van der Waals surface area contributed by atoms with E-state index in [0.717, 1.165) is 38.1 Å². The van der Waals surface area contributed by atoms with Crippen LogP contribution in [-0.4, -0.2) is 14.6 Å². The van der Waals surface area contributed by atoms with Gasteiger partial charge in [0.15, 0.2) is 5.65 Å². The molecular formula is C19H15BrN4. The molecule has 0 spiro atoms. The van der Waals surface area contributed by atoms with Crippen molar-refractivity contribution >= 4 is 27.4 Å². The van der Waals surface area contributed by atoms with Crippen LogP contribution >= 0.6 is 15.9 Å². The summed E-state index contributed by atoms with van der Waals surface area (Å²) in [4.78, 5) is 4.78. The van der Waals surface area contributed by atoms with Gasteiger partial charge < -0.3 is 5.73 Å². The highest BCUT2D eigenvalue weighted by atomic mass is 79.9. The minimum absolute atomic E-state index is 0.599. The maximum Gasteiger partial charge on any atom is 0.165 e. The zero-order valence-corrected chi connectivity index (χ0v) is 14.7. The van der Waals surface area contributed by atoms with Crippen LogP contribution in [0.4, 0.5) is 5.82 Å². The summed E-state index contributed by atoms with van der Waals surface area (Å²) in [6.07, 6.45) is 1.82. The van der Waals surface area contributed by atoms with Crippen molar-refractivity contribution in [1.82, 2.24) is 14.6 Å². The van der Waals surface area contributed by atoms with Crippen LogP contribution in [0.5, 0.6) is 0 Å². The SMILES string of the molecule is Cc1nc2c(-c3ccccc3)cnn2c(N)c1-c1ccc(Br)cc1. The minimum atomic E-state index is 0.599. The maximum absolute atomic E-state index is 6.43. The molecule has 4 rings (SSSR count). The fourth-order valence-electron chi connectivity index (χ4n) is 2.93. The molecule has 0 aliphatic carbocycles. The van der Waals surface area contributed by atoms with Crippen LogP contribution in [0, 0.1) is 6.92 Å². The number of anilines is 1. The molecule has 2 N–H and O–H groups in total. The van der Waals surface area contributed by atoms with E-state index in [4.69, 9.17) is 10.7 Å². The van der Waals surface area contributed by atoms with E-state index in [1.165, 1.54) is 0 Å². The van der Waals surface area contributed by atoms with Gasteiger partial charge in [-0.3, -0.25) is 0 Å². The maximum atomic E-state index is 6.43. The lowest BCUT2D eigenvalue weighted by Crippen LogP contribution is -2.05. The van der Waals surface area contributed by atoms with Gasteiger partial charge in [0.2, 0.25) is 0 Å². The van der Waals surface area contributed by atoms with Crippen molar-refractivity contribution in [2.75, 3.05) is 5.73 Å². The van der Waals surface area contributed by atoms with Gasteiger partial charge >= 0.3 is 0 Å². The van der Waals surface area contributed by atoms with Gasteiger partial charge in [-0.05, 0) is 30.2 Å². The summed E-state index contributed by atoms with van der Waals surface area (Å²) in [5.41, 5.74) is 12.1. The van der Waals surface area contributed by atoms with E-state index in [1.54, 1.807) is 4.52 Å². The Morgan fingerprint density at radius 3 is 2.38 bits per heavy atom. The molecule has 24 heavy (non-hydrogen) atoms. The van der Waals surface area contributed by atoms with E-state index >= 15 is 0 Å². The van der Waals surface area contributed by atoms with E-state index < -0.39 is 0 Å². The van der Waals surface area contributed by atoms with Gasteiger partial charge in [-0.1, -0.05) is 58.4 Å². The summed E-state index contributed by atoms with van der Waals surface area (Å²) in [5, 5.41) is 4.46. The van der Waals surface area contributed by atoms with Gasteiger partial charge in [-0.2, -0.15) is 9.61 Å². The van der Waals surface area contributed by atoms with Crippen molar-refractivity contribution in [1.29, 1.82) is 0 Å². The monoisotopic (exact) mass is 378 g/mol. The van der Waals surface area contributed by atoms with E-state index in [-0.39, 0.29) is 0 Å². The van der Waals surface area contributed by atoms with Gasteiger partial charge in [0.05, 0.1) is 11.9 Å². The first-order valence-corrected chi connectivity index (χ1v) is 8.39. The Bertz CT molecular complexity index is 1020. The Labute approximate surface area is 148 Å². The number of fused-ring (bicyclic) bond motifs is 1. The summed E-state index contributed by atoms with van der Waals surface area (Å²) in [6, 6.07) is 18.1. The summed E-state index contributed by atoms with van der Waals surface area (Å²) in [5.74, 6) is 0.599. The highest BCUT2D eigenvalue weighted by Crippen LogP contribution is 2.32. The Morgan fingerprint density at radius 1 is 0.958 bits per heavy atom. The van der Waals surface area contributed by atoms with Gasteiger partial charge in [0.25, 0.3) is 0 Å². The van der Waals surface area contributed by atoms with Crippen LogP contribution in [0.3, 0.4) is 0 Å². The molecule has 5 heteroatoms. The van der Waals surface area contributed by atoms with Crippen LogP contribution in [-0.2, 0) is 0 Å². The minimum Gasteiger partial charge on any atom is -0.383 e. The van der Waals surface area contributed by atoms with Crippen molar-refractivity contribution in [2.45, 2.75) is 6.92 Å². The van der Waals surface area contributed by atoms with Crippen molar-refractivity contribution in [3.05, 3.63) is 71.0 Å². The van der Waals surface area contributed by atoms with Crippen LogP contribution in [0.25, 0.3) is 27.9 Å². The molecule has 2 aromatic heterocycles. The van der Waals surface area contributed by atoms with Crippen LogP contribution in [0.1, 0.15) is 5.69 Å². The molecule has 0 saturated heterocycles. The Hall–Kier alpha value is -2.66. The summed E-state index contributed by atoms with van der Waals surface area (Å²) < 4.78 is 2.74. The molecule has 118 valence electrons. The molecule has 4 aromatic rings. The normalized spacial score (nSPS) is 11.1. The quantitative estimate of drug-likeness (QED) is 0.549. The first kappa shape index (κ1) is 14.9. The van der Waals surface area contributed by atoms with E-state index in [9.17, 15) is 0 Å². The lowest BCUT2D eigenvalue weighted by atomic mass is 10.0. The molecule has 0 saturated carbocycles. The Balaban J connectivity index is 1.95. The number of aryl methyl sites for hydroxylation is 1. The molecule has 0 bridgehead atoms. The molecule has 0 radical (unpaired) electrons. The fraction of sp³-hybridized carbons (Fsp3) is 0.0526. The average Bonchev–Trinajstić information content (AvgIpc) is 3.01. The van der Waals surface area contributed by atoms with Gasteiger partial charge in [0.1, 0.15) is 5.82 Å². The predicted octanol–water partition coefficient (Wildman–Crippen LogP) is 4.72. The number of aromatic nitrogens is 3. The Kier molecular flexibility index (Phi) is 3.58. The Morgan fingerprint density at radius 2 is 1.67 bits per heavy atom. The molecule has 0 aliphatic heterocycles. The highest BCUT2D eigenvalue weighted by molar-refractivity contribution is 9.10. The van der Waals surface area contributed by atoms with Crippen molar-refractivity contribution < 1.29 is 0 Å². The van der Waals surface area contributed by atoms with E-state index in [1.807, 2.05) is 67.7 Å². The number of nitrogens with two attached hydrogens (primary N) is 1. The van der Waals surface area contributed by atoms with Crippen molar-refractivity contribution in [3.63, 3.8) is 0 Å². The number of nitrogen functional groups attached to an aromatic ring is 1. The number of benzene rings is 2. The molecule has 0 amide bonds. The third-order valence-corrected chi connectivity index (χ3v) is 4.61. The number of rotatable bonds is 2. The topological polar surface area (TPSA) is 56.2 Å². The predicted molar refractivity (Wildman–Crippen MR) is 101 cm³/mol. The molecule has 0 atom stereocenters. The number of hydrogen-bond donors (Lipinski definition) is 1. The fourth-order valence-corrected chi connectivity index (χ4v) is 3.19. The van der Waals surface area contributed by atoms with Crippen LogP contribution < -0.4 is 5.73 Å². The van der Waals surface area contributed by atoms with Gasteiger partial charge in [0, 0.05) is 15.6 Å². The van der Waals surface area contributed by atoms with Crippen molar-refractivity contribution in [2.24, 2.45) is 0 Å². The number of halogens is 1. The third-order valence-electron chi connectivity index (χ3n) is 4.08. The van der Waals surface area contributed by atoms with Gasteiger partial charge in [-0.25, -0.2) is 4.98 Å². The summed E-state index contributed by atoms with van der Waals surface area (Å²) in [6.45, 7) is 1.98. The molecule has 4 nitrogen and oxygen atoms in total. The summed E-state index contributed by atoms with van der Waals surface area (Å²) in [7, 11) is 0. The number of nitrogens with zero attached hydrogens (tertiary/aromatic N) is 3. The average molecular weight is 379 g/mol. The van der Waals surface area contributed by atoms with Crippen LogP contribution in [0.15, 0.2) is 65.3 Å². The highest BCUT2D eigenvalue weighted by Gasteiger charge is 2.16. The second-order valence-corrected chi connectivity index (χ2v) is 6.54. The smallest absolute Gasteiger partial charge is 0.165 e. The van der Waals surface area contributed by atoms with Crippen LogP contribution in [0.2, 0.25) is 0 Å². The van der Waals surface area contributed by atoms with Gasteiger partial charge in [-0.15, -0.1) is 0 Å². The molecule has 0 aliphatic rings. The second-order valence-electron chi connectivity index (χ2n) is 5.62. The zero-order valence-electron chi connectivity index (χ0n) is 13.1. The summed E-state index contributed by atoms with van der Waals surface area (Å²) >= 11 is 3.46. The van der Waals surface area contributed by atoms with E-state index in [2.05, 4.69) is 21.0 Å². The molecule has 2 heterocycles. The zero-order chi connectivity index (χ0) is 16.7. The lowest BCUT2D eigenvalue weighted by Gasteiger charge is -2.11. The molecule has 0 unspecified atom stereocenters. The first-order chi connectivity index (χ1) is 11.6.